The molecule has 2 aliphatic rings. The molecule has 29 heavy (non-hydrogen) atoms. The number of aryl methyl sites for hydroxylation is 1. The van der Waals surface area contributed by atoms with Crippen LogP contribution in [0.2, 0.25) is 0 Å². The minimum atomic E-state index is -0.331. The topological polar surface area (TPSA) is 72.4 Å². The fourth-order valence-corrected chi connectivity index (χ4v) is 5.13. The number of nitrogens with one attached hydrogen (secondary N) is 2. The second-order valence-electron chi connectivity index (χ2n) is 8.35. The molecule has 1 aliphatic heterocycles. The van der Waals surface area contributed by atoms with Gasteiger partial charge in [0.15, 0.2) is 0 Å². The summed E-state index contributed by atoms with van der Waals surface area (Å²) in [6.07, 6.45) is 7.51. The van der Waals surface area contributed by atoms with Crippen molar-refractivity contribution in [1.29, 1.82) is 0 Å². The molecule has 2 atom stereocenters. The summed E-state index contributed by atoms with van der Waals surface area (Å²) in [7, 11) is 1.85. The summed E-state index contributed by atoms with van der Waals surface area (Å²) in [6, 6.07) is 7.48. The molecule has 1 aromatic heterocycles. The number of anilines is 1. The van der Waals surface area contributed by atoms with E-state index in [-0.39, 0.29) is 17.9 Å². The Hall–Kier alpha value is -2.34. The highest BCUT2D eigenvalue weighted by Crippen LogP contribution is 2.36. The highest BCUT2D eigenvalue weighted by Gasteiger charge is 2.38. The summed E-state index contributed by atoms with van der Waals surface area (Å²) in [5.74, 6) is 0.825. The van der Waals surface area contributed by atoms with E-state index in [1.54, 1.807) is 6.92 Å². The van der Waals surface area contributed by atoms with Crippen LogP contribution >= 0.6 is 0 Å². The Morgan fingerprint density at radius 1 is 1.17 bits per heavy atom. The third kappa shape index (κ3) is 4.04. The molecule has 1 aliphatic carbocycles. The summed E-state index contributed by atoms with van der Waals surface area (Å²) < 4.78 is 6.96. The smallest absolute Gasteiger partial charge is 0.354 e. The van der Waals surface area contributed by atoms with Crippen molar-refractivity contribution in [3.05, 3.63) is 30.0 Å². The van der Waals surface area contributed by atoms with Crippen molar-refractivity contribution in [2.24, 2.45) is 18.9 Å². The lowest BCUT2D eigenvalue weighted by molar-refractivity contribution is -0.119. The zero-order valence-corrected chi connectivity index (χ0v) is 17.4. The third-order valence-electron chi connectivity index (χ3n) is 6.60. The maximum atomic E-state index is 13.0. The first-order chi connectivity index (χ1) is 14.1. The number of rotatable bonds is 5. The first-order valence-corrected chi connectivity index (χ1v) is 10.9. The molecule has 0 bridgehead atoms. The van der Waals surface area contributed by atoms with E-state index >= 15 is 0 Å². The van der Waals surface area contributed by atoms with Gasteiger partial charge in [-0.25, -0.2) is 4.79 Å². The Balaban J connectivity index is 1.49. The number of hydrogen-bond acceptors (Lipinski definition) is 4. The molecule has 1 saturated heterocycles. The minimum absolute atomic E-state index is 0.0546. The van der Waals surface area contributed by atoms with Crippen molar-refractivity contribution in [3.63, 3.8) is 0 Å². The van der Waals surface area contributed by atoms with E-state index in [1.165, 1.54) is 32.1 Å². The summed E-state index contributed by atoms with van der Waals surface area (Å²) in [6.45, 7) is 3.06. The summed E-state index contributed by atoms with van der Waals surface area (Å²) in [5, 5.41) is 7.44. The van der Waals surface area contributed by atoms with Gasteiger partial charge in [-0.3, -0.25) is 4.79 Å². The molecule has 0 radical (unpaired) electrons. The second kappa shape index (κ2) is 8.57. The Morgan fingerprint density at radius 2 is 1.97 bits per heavy atom. The van der Waals surface area contributed by atoms with E-state index in [0.717, 1.165) is 29.6 Å². The molecule has 2 fully saturated rings. The number of esters is 1. The molecule has 0 spiro atoms. The Labute approximate surface area is 172 Å². The molecule has 1 amide bonds. The summed E-state index contributed by atoms with van der Waals surface area (Å²) in [5.41, 5.74) is 2.21. The van der Waals surface area contributed by atoms with Gasteiger partial charge >= 0.3 is 5.97 Å². The average molecular weight is 398 g/mol. The maximum Gasteiger partial charge on any atom is 0.354 e. The number of amides is 1. The molecule has 2 heterocycles. The predicted molar refractivity (Wildman–Crippen MR) is 114 cm³/mol. The Morgan fingerprint density at radius 3 is 2.72 bits per heavy atom. The van der Waals surface area contributed by atoms with Crippen molar-refractivity contribution in [1.82, 2.24) is 9.88 Å². The lowest BCUT2D eigenvalue weighted by Crippen LogP contribution is -2.42. The molecular weight excluding hydrogens is 366 g/mol. The highest BCUT2D eigenvalue weighted by atomic mass is 16.5. The van der Waals surface area contributed by atoms with E-state index in [1.807, 2.05) is 35.9 Å². The molecular formula is C23H31N3O3. The van der Waals surface area contributed by atoms with Crippen LogP contribution in [0.15, 0.2) is 24.3 Å². The van der Waals surface area contributed by atoms with Gasteiger partial charge in [-0.1, -0.05) is 32.1 Å². The van der Waals surface area contributed by atoms with Crippen molar-refractivity contribution in [2.45, 2.75) is 51.5 Å². The van der Waals surface area contributed by atoms with Gasteiger partial charge in [-0.15, -0.1) is 0 Å². The molecule has 1 saturated carbocycles. The zero-order chi connectivity index (χ0) is 20.4. The summed E-state index contributed by atoms with van der Waals surface area (Å²) in [4.78, 5) is 25.2. The number of carbonyl (C=O) groups is 2. The number of aromatic nitrogens is 1. The number of benzene rings is 1. The van der Waals surface area contributed by atoms with E-state index < -0.39 is 0 Å². The molecule has 0 unspecified atom stereocenters. The van der Waals surface area contributed by atoms with Crippen LogP contribution < -0.4 is 10.6 Å². The van der Waals surface area contributed by atoms with Crippen LogP contribution in [0, 0.1) is 11.8 Å². The minimum Gasteiger partial charge on any atom is -0.461 e. The van der Waals surface area contributed by atoms with Gasteiger partial charge in [0, 0.05) is 23.6 Å². The van der Waals surface area contributed by atoms with Gasteiger partial charge in [0.1, 0.15) is 5.69 Å². The van der Waals surface area contributed by atoms with E-state index in [0.29, 0.717) is 24.1 Å². The Kier molecular flexibility index (Phi) is 5.90. The lowest BCUT2D eigenvalue weighted by atomic mass is 9.76. The largest absolute Gasteiger partial charge is 0.461 e. The fourth-order valence-electron chi connectivity index (χ4n) is 5.13. The van der Waals surface area contributed by atoms with Crippen molar-refractivity contribution in [2.75, 3.05) is 18.5 Å². The number of ether oxygens (including phenoxy) is 1. The molecule has 156 valence electrons. The molecule has 2 aromatic rings. The average Bonchev–Trinajstić information content (AvgIpc) is 3.34. The van der Waals surface area contributed by atoms with E-state index in [2.05, 4.69) is 10.6 Å². The molecule has 6 heteroatoms. The molecule has 1 aromatic carbocycles. The number of carbonyl (C=O) groups excluding carboxylic acids is 2. The number of hydrogen-bond donors (Lipinski definition) is 2. The SMILES string of the molecule is CCOC(=O)c1cc2cc(NC(=O)[C@H]3NCC[C@H]3C3CCCCC3)ccc2n1C. The first kappa shape index (κ1) is 20.0. The fraction of sp³-hybridized carbons (Fsp3) is 0.565. The predicted octanol–water partition coefficient (Wildman–Crippen LogP) is 3.85. The number of fused-ring (bicyclic) bond motifs is 1. The monoisotopic (exact) mass is 397 g/mol. The molecule has 2 N–H and O–H groups in total. The number of nitrogens with zero attached hydrogens (tertiary/aromatic N) is 1. The van der Waals surface area contributed by atoms with Gasteiger partial charge < -0.3 is 19.9 Å². The lowest BCUT2D eigenvalue weighted by Gasteiger charge is -2.30. The van der Waals surface area contributed by atoms with E-state index in [9.17, 15) is 9.59 Å². The van der Waals surface area contributed by atoms with Crippen LogP contribution in [0.4, 0.5) is 5.69 Å². The highest BCUT2D eigenvalue weighted by molar-refractivity contribution is 6.00. The van der Waals surface area contributed by atoms with Gasteiger partial charge in [0.25, 0.3) is 0 Å². The first-order valence-electron chi connectivity index (χ1n) is 10.9. The maximum absolute atomic E-state index is 13.0. The normalized spacial score (nSPS) is 22.7. The van der Waals surface area contributed by atoms with Crippen LogP contribution in [0.1, 0.15) is 55.9 Å². The Bertz CT molecular complexity index is 898. The van der Waals surface area contributed by atoms with Crippen LogP contribution in [-0.4, -0.2) is 35.6 Å². The van der Waals surface area contributed by atoms with Gasteiger partial charge in [-0.05, 0) is 56.0 Å². The van der Waals surface area contributed by atoms with Crippen molar-refractivity contribution in [3.8, 4) is 0 Å². The quantitative estimate of drug-likeness (QED) is 0.752. The van der Waals surface area contributed by atoms with Gasteiger partial charge in [-0.2, -0.15) is 0 Å². The van der Waals surface area contributed by atoms with Crippen molar-refractivity contribution < 1.29 is 14.3 Å². The van der Waals surface area contributed by atoms with Crippen LogP contribution in [0.3, 0.4) is 0 Å². The summed E-state index contributed by atoms with van der Waals surface area (Å²) >= 11 is 0. The molecule has 6 nitrogen and oxygen atoms in total. The standard InChI is InChI=1S/C23H31N3O3/c1-3-29-23(28)20-14-16-13-17(9-10-19(16)26(20)2)25-22(27)21-18(11-12-24-21)15-7-5-4-6-8-15/h9-10,13-15,18,21,24H,3-8,11-12H2,1-2H3,(H,25,27)/t18-,21-/m0/s1. The zero-order valence-electron chi connectivity index (χ0n) is 17.4. The van der Waals surface area contributed by atoms with E-state index in [4.69, 9.17) is 4.74 Å². The van der Waals surface area contributed by atoms with Crippen molar-refractivity contribution >= 4 is 28.5 Å². The van der Waals surface area contributed by atoms with Crippen LogP contribution in [-0.2, 0) is 16.6 Å². The van der Waals surface area contributed by atoms with Gasteiger partial charge in [0.2, 0.25) is 5.91 Å². The van der Waals surface area contributed by atoms with Crippen LogP contribution in [0.25, 0.3) is 10.9 Å². The molecule has 4 rings (SSSR count). The van der Waals surface area contributed by atoms with Crippen LogP contribution in [0.5, 0.6) is 0 Å². The second-order valence-corrected chi connectivity index (χ2v) is 8.35. The van der Waals surface area contributed by atoms with Gasteiger partial charge in [0.05, 0.1) is 12.6 Å². The third-order valence-corrected chi connectivity index (χ3v) is 6.60.